The monoisotopic (exact) mass is 277 g/mol. The molecule has 2 heterocycles. The smallest absolute Gasteiger partial charge is 0.353 e. The van der Waals surface area contributed by atoms with E-state index in [0.29, 0.717) is 0 Å². The Hall–Kier alpha value is -1.45. The van der Waals surface area contributed by atoms with Crippen LogP contribution < -0.4 is 0 Å². The zero-order valence-corrected chi connectivity index (χ0v) is 9.92. The molecule has 0 spiro atoms. The second-order valence-corrected chi connectivity index (χ2v) is 5.59. The van der Waals surface area contributed by atoms with Crippen LogP contribution in [0.1, 0.15) is 12.8 Å². The van der Waals surface area contributed by atoms with Crippen molar-refractivity contribution in [1.29, 1.82) is 0 Å². The number of rotatable bonds is 4. The molecule has 1 fully saturated rings. The second kappa shape index (κ2) is 4.04. The topological polar surface area (TPSA) is 132 Å². The minimum atomic E-state index is -4.64. The fraction of sp³-hybridized carbons (Fsp3) is 0.556. The number of aliphatic hydroxyl groups is 1. The predicted molar refractivity (Wildman–Crippen MR) is 56.7 cm³/mol. The van der Waals surface area contributed by atoms with E-state index in [1.807, 2.05) is 0 Å². The summed E-state index contributed by atoms with van der Waals surface area (Å²) in [5.41, 5.74) is -0.679. The molecule has 0 aromatic carbocycles. The van der Waals surface area contributed by atoms with Crippen LogP contribution in [0.2, 0.25) is 0 Å². The summed E-state index contributed by atoms with van der Waals surface area (Å²) in [6.07, 6.45) is -0.0808. The van der Waals surface area contributed by atoms with Gasteiger partial charge in [-0.2, -0.15) is 8.42 Å². The van der Waals surface area contributed by atoms with Crippen LogP contribution >= 0.6 is 0 Å². The van der Waals surface area contributed by atoms with Gasteiger partial charge in [-0.1, -0.05) is 0 Å². The van der Waals surface area contributed by atoms with Crippen LogP contribution in [0.5, 0.6) is 0 Å². The van der Waals surface area contributed by atoms with E-state index in [9.17, 15) is 18.0 Å². The lowest BCUT2D eigenvalue weighted by molar-refractivity contribution is -0.155. The molecule has 0 radical (unpaired) electrons. The molecule has 9 heteroatoms. The molecule has 3 N–H and O–H groups in total. The fourth-order valence-electron chi connectivity index (χ4n) is 2.44. The van der Waals surface area contributed by atoms with E-state index in [0.717, 1.165) is 4.90 Å². The number of carbonyl (C=O) groups is 2. The Balaban J connectivity index is 2.39. The number of β-lactam (4-membered cyclic amide) rings is 1. The first-order chi connectivity index (χ1) is 8.29. The van der Waals surface area contributed by atoms with E-state index in [1.165, 1.54) is 0 Å². The fourth-order valence-corrected chi connectivity index (χ4v) is 3.25. The summed E-state index contributed by atoms with van der Waals surface area (Å²) in [7, 11) is -4.64. The number of nitrogens with zero attached hydrogens (tertiary/aromatic N) is 1. The normalized spacial score (nSPS) is 27.2. The first kappa shape index (κ1) is 13.0. The number of carboxylic acid groups (broad SMARTS) is 1. The minimum absolute atomic E-state index is 0.144. The summed E-state index contributed by atoms with van der Waals surface area (Å²) in [6, 6.07) is -0.604. The molecular formula is C9H11NO7S. The lowest BCUT2D eigenvalue weighted by Gasteiger charge is -2.43. The molecule has 18 heavy (non-hydrogen) atoms. The van der Waals surface area contributed by atoms with Crippen molar-refractivity contribution in [3.05, 3.63) is 10.6 Å². The third-order valence-electron chi connectivity index (χ3n) is 3.20. The van der Waals surface area contributed by atoms with Crippen LogP contribution in [0.15, 0.2) is 10.6 Å². The third kappa shape index (κ3) is 1.71. The van der Waals surface area contributed by atoms with Gasteiger partial charge in [0.1, 0.15) is 10.6 Å². The Morgan fingerprint density at radius 3 is 2.50 bits per heavy atom. The van der Waals surface area contributed by atoms with Gasteiger partial charge in [0, 0.05) is 13.0 Å². The van der Waals surface area contributed by atoms with Crippen LogP contribution in [0, 0.1) is 5.92 Å². The molecule has 2 aliphatic heterocycles. The highest BCUT2D eigenvalue weighted by Crippen LogP contribution is 2.44. The van der Waals surface area contributed by atoms with E-state index in [-0.39, 0.29) is 19.4 Å². The average Bonchev–Trinajstić information content (AvgIpc) is 2.61. The molecule has 0 bridgehead atoms. The maximum absolute atomic E-state index is 11.7. The molecule has 0 saturated carbocycles. The second-order valence-electron chi connectivity index (χ2n) is 4.15. The Labute approximate surface area is 102 Å². The van der Waals surface area contributed by atoms with Crippen LogP contribution in [-0.2, 0) is 19.7 Å². The molecule has 0 aromatic rings. The molecule has 1 saturated heterocycles. The van der Waals surface area contributed by atoms with Gasteiger partial charge in [-0.15, -0.1) is 0 Å². The number of aliphatic carboxylic acids is 1. The van der Waals surface area contributed by atoms with Gasteiger partial charge in [0.15, 0.2) is 0 Å². The highest BCUT2D eigenvalue weighted by molar-refractivity contribution is 7.89. The Kier molecular flexibility index (Phi) is 2.92. The van der Waals surface area contributed by atoms with Gasteiger partial charge in [0.25, 0.3) is 10.1 Å². The van der Waals surface area contributed by atoms with Gasteiger partial charge in [0.05, 0.1) is 12.0 Å². The highest BCUT2D eigenvalue weighted by Gasteiger charge is 2.56. The minimum Gasteiger partial charge on any atom is -0.477 e. The zero-order valence-electron chi connectivity index (χ0n) is 9.11. The SMILES string of the molecule is O=C(O)C1=C(S(=O)(=O)O)CC2C(CCO)C(=O)N12. The summed E-state index contributed by atoms with van der Waals surface area (Å²) in [4.78, 5) is 22.9. The van der Waals surface area contributed by atoms with E-state index >= 15 is 0 Å². The summed E-state index contributed by atoms with van der Waals surface area (Å²) >= 11 is 0. The van der Waals surface area contributed by atoms with Crippen molar-refractivity contribution >= 4 is 22.0 Å². The molecule has 1 amide bonds. The molecule has 2 unspecified atom stereocenters. The highest BCUT2D eigenvalue weighted by atomic mass is 32.2. The van der Waals surface area contributed by atoms with Gasteiger partial charge in [-0.25, -0.2) is 4.79 Å². The summed E-state index contributed by atoms with van der Waals surface area (Å²) in [6.45, 7) is -0.246. The number of carbonyl (C=O) groups excluding carboxylic acids is 1. The molecule has 2 atom stereocenters. The molecule has 2 rings (SSSR count). The van der Waals surface area contributed by atoms with E-state index in [2.05, 4.69) is 0 Å². The third-order valence-corrected chi connectivity index (χ3v) is 4.19. The first-order valence-corrected chi connectivity index (χ1v) is 6.61. The Morgan fingerprint density at radius 1 is 1.44 bits per heavy atom. The lowest BCUT2D eigenvalue weighted by atomic mass is 9.85. The maximum Gasteiger partial charge on any atom is 0.353 e. The van der Waals surface area contributed by atoms with Crippen LogP contribution in [-0.4, -0.2) is 52.6 Å². The zero-order chi connectivity index (χ0) is 13.7. The van der Waals surface area contributed by atoms with Crippen molar-refractivity contribution in [1.82, 2.24) is 4.90 Å². The van der Waals surface area contributed by atoms with Crippen molar-refractivity contribution in [3.8, 4) is 0 Å². The standard InChI is InChI=1S/C9H11NO7S/c11-2-1-4-5-3-6(18(15,16)17)7(9(13)14)10(5)8(4)12/h4-5,11H,1-3H2,(H,13,14)(H,15,16,17). The number of amides is 1. The maximum atomic E-state index is 11.7. The van der Waals surface area contributed by atoms with Gasteiger partial charge >= 0.3 is 5.97 Å². The van der Waals surface area contributed by atoms with Crippen molar-refractivity contribution in [2.45, 2.75) is 18.9 Å². The van der Waals surface area contributed by atoms with Gasteiger partial charge in [-0.3, -0.25) is 9.35 Å². The Morgan fingerprint density at radius 2 is 2.06 bits per heavy atom. The molecule has 100 valence electrons. The van der Waals surface area contributed by atoms with Gasteiger partial charge in [0.2, 0.25) is 5.91 Å². The van der Waals surface area contributed by atoms with E-state index in [4.69, 9.17) is 14.8 Å². The predicted octanol–water partition coefficient (Wildman–Crippen LogP) is -1.22. The lowest BCUT2D eigenvalue weighted by Crippen LogP contribution is -2.58. The van der Waals surface area contributed by atoms with Crippen molar-refractivity contribution in [2.75, 3.05) is 6.61 Å². The van der Waals surface area contributed by atoms with Crippen molar-refractivity contribution < 1.29 is 32.8 Å². The molecule has 0 aliphatic carbocycles. The molecule has 8 nitrogen and oxygen atoms in total. The van der Waals surface area contributed by atoms with Crippen molar-refractivity contribution in [3.63, 3.8) is 0 Å². The van der Waals surface area contributed by atoms with Crippen molar-refractivity contribution in [2.24, 2.45) is 5.92 Å². The van der Waals surface area contributed by atoms with E-state index in [1.54, 1.807) is 0 Å². The Bertz CT molecular complexity index is 549. The summed E-state index contributed by atoms with van der Waals surface area (Å²) in [5.74, 6) is -2.70. The first-order valence-electron chi connectivity index (χ1n) is 5.17. The number of aliphatic hydroxyl groups excluding tert-OH is 1. The van der Waals surface area contributed by atoms with Crippen LogP contribution in [0.4, 0.5) is 0 Å². The van der Waals surface area contributed by atoms with Gasteiger partial charge in [-0.05, 0) is 6.42 Å². The summed E-state index contributed by atoms with van der Waals surface area (Å²) < 4.78 is 31.1. The van der Waals surface area contributed by atoms with E-state index < -0.39 is 44.6 Å². The number of hydrogen-bond donors (Lipinski definition) is 3. The molecular weight excluding hydrogens is 266 g/mol. The number of fused-ring (bicyclic) bond motifs is 1. The summed E-state index contributed by atoms with van der Waals surface area (Å²) in [5, 5.41) is 17.7. The number of carboxylic acids is 1. The average molecular weight is 277 g/mol. The largest absolute Gasteiger partial charge is 0.477 e. The van der Waals surface area contributed by atoms with Crippen LogP contribution in [0.3, 0.4) is 0 Å². The van der Waals surface area contributed by atoms with Gasteiger partial charge < -0.3 is 15.1 Å². The van der Waals surface area contributed by atoms with Crippen LogP contribution in [0.25, 0.3) is 0 Å². The number of hydrogen-bond acceptors (Lipinski definition) is 5. The quantitative estimate of drug-likeness (QED) is 0.433. The molecule has 2 aliphatic rings. The molecule has 0 aromatic heterocycles.